The van der Waals surface area contributed by atoms with Crippen molar-refractivity contribution in [1.29, 1.82) is 0 Å². The fourth-order valence-electron chi connectivity index (χ4n) is 1.96. The minimum absolute atomic E-state index is 0.559. The van der Waals surface area contributed by atoms with Crippen LogP contribution >= 0.6 is 11.6 Å². The summed E-state index contributed by atoms with van der Waals surface area (Å²) < 4.78 is 0. The molecule has 1 amide bonds. The van der Waals surface area contributed by atoms with Crippen molar-refractivity contribution in [3.8, 4) is 0 Å². The van der Waals surface area contributed by atoms with Crippen molar-refractivity contribution in [3.05, 3.63) is 34.9 Å². The zero-order chi connectivity index (χ0) is 11.4. The molecule has 0 spiro atoms. The van der Waals surface area contributed by atoms with Gasteiger partial charge >= 0.3 is 0 Å². The number of halogens is 1. The van der Waals surface area contributed by atoms with Crippen LogP contribution in [0.5, 0.6) is 0 Å². The SMILES string of the molecule is O=CN(Cc1ccccc1Cl)N1CCCC1. The van der Waals surface area contributed by atoms with Gasteiger partial charge in [0.1, 0.15) is 0 Å². The lowest BCUT2D eigenvalue weighted by Gasteiger charge is -2.28. The van der Waals surface area contributed by atoms with Gasteiger partial charge in [0.25, 0.3) is 0 Å². The van der Waals surface area contributed by atoms with E-state index in [1.807, 2.05) is 24.3 Å². The second-order valence-corrected chi connectivity index (χ2v) is 4.36. The molecule has 1 aliphatic heterocycles. The van der Waals surface area contributed by atoms with Gasteiger partial charge in [0.15, 0.2) is 0 Å². The molecule has 1 fully saturated rings. The molecule has 86 valence electrons. The summed E-state index contributed by atoms with van der Waals surface area (Å²) in [4.78, 5) is 11.0. The highest BCUT2D eigenvalue weighted by molar-refractivity contribution is 6.31. The van der Waals surface area contributed by atoms with Crippen LogP contribution in [0, 0.1) is 0 Å². The lowest BCUT2D eigenvalue weighted by atomic mass is 10.2. The zero-order valence-corrected chi connectivity index (χ0v) is 9.86. The number of amides is 1. The first-order valence-electron chi connectivity index (χ1n) is 5.51. The Hall–Kier alpha value is -1.06. The fourth-order valence-corrected chi connectivity index (χ4v) is 2.16. The smallest absolute Gasteiger partial charge is 0.224 e. The van der Waals surface area contributed by atoms with E-state index < -0.39 is 0 Å². The standard InChI is InChI=1S/C12H15ClN2O/c13-12-6-2-1-5-11(12)9-15(10-16)14-7-3-4-8-14/h1-2,5-6,10H,3-4,7-9H2. The van der Waals surface area contributed by atoms with Crippen LogP contribution in [-0.2, 0) is 11.3 Å². The van der Waals surface area contributed by atoms with Crippen LogP contribution in [0.2, 0.25) is 5.02 Å². The van der Waals surface area contributed by atoms with Crippen LogP contribution in [-0.4, -0.2) is 29.5 Å². The van der Waals surface area contributed by atoms with Crippen LogP contribution in [0.4, 0.5) is 0 Å². The maximum Gasteiger partial charge on any atom is 0.224 e. The third-order valence-electron chi connectivity index (χ3n) is 2.86. The number of hydrogen-bond donors (Lipinski definition) is 0. The number of rotatable bonds is 4. The topological polar surface area (TPSA) is 23.6 Å². The highest BCUT2D eigenvalue weighted by Crippen LogP contribution is 2.19. The summed E-state index contributed by atoms with van der Waals surface area (Å²) in [5.74, 6) is 0. The Morgan fingerprint density at radius 1 is 1.31 bits per heavy atom. The number of nitrogens with zero attached hydrogens (tertiary/aromatic N) is 2. The summed E-state index contributed by atoms with van der Waals surface area (Å²) in [6, 6.07) is 7.64. The maximum absolute atomic E-state index is 11.0. The molecular formula is C12H15ClN2O. The molecule has 0 saturated carbocycles. The average molecular weight is 239 g/mol. The molecule has 0 radical (unpaired) electrons. The summed E-state index contributed by atoms with van der Waals surface area (Å²) in [5.41, 5.74) is 0.989. The molecule has 0 bridgehead atoms. The van der Waals surface area contributed by atoms with Gasteiger partial charge in [0.2, 0.25) is 6.41 Å². The van der Waals surface area contributed by atoms with Crippen molar-refractivity contribution in [2.45, 2.75) is 19.4 Å². The Labute approximate surface area is 101 Å². The lowest BCUT2D eigenvalue weighted by molar-refractivity contribution is -0.134. The van der Waals surface area contributed by atoms with Gasteiger partial charge < -0.3 is 0 Å². The maximum atomic E-state index is 11.0. The number of hydrogen-bond acceptors (Lipinski definition) is 2. The molecule has 2 rings (SSSR count). The van der Waals surface area contributed by atoms with E-state index in [0.29, 0.717) is 11.6 Å². The van der Waals surface area contributed by atoms with E-state index in [2.05, 4.69) is 5.01 Å². The number of benzene rings is 1. The van der Waals surface area contributed by atoms with E-state index in [4.69, 9.17) is 11.6 Å². The van der Waals surface area contributed by atoms with Gasteiger partial charge in [0, 0.05) is 18.1 Å². The van der Waals surface area contributed by atoms with Crippen LogP contribution in [0.3, 0.4) is 0 Å². The monoisotopic (exact) mass is 238 g/mol. The molecule has 0 atom stereocenters. The Morgan fingerprint density at radius 3 is 2.62 bits per heavy atom. The average Bonchev–Trinajstić information content (AvgIpc) is 2.81. The minimum atomic E-state index is 0.559. The van der Waals surface area contributed by atoms with Crippen molar-refractivity contribution in [1.82, 2.24) is 10.0 Å². The zero-order valence-electron chi connectivity index (χ0n) is 9.10. The largest absolute Gasteiger partial charge is 0.277 e. The summed E-state index contributed by atoms with van der Waals surface area (Å²) in [6.45, 7) is 2.48. The second-order valence-electron chi connectivity index (χ2n) is 3.96. The molecule has 1 aromatic rings. The van der Waals surface area contributed by atoms with E-state index in [0.717, 1.165) is 37.9 Å². The van der Waals surface area contributed by atoms with Gasteiger partial charge in [-0.1, -0.05) is 29.8 Å². The first-order valence-corrected chi connectivity index (χ1v) is 5.89. The Bertz CT molecular complexity index is 364. The van der Waals surface area contributed by atoms with Crippen molar-refractivity contribution in [2.75, 3.05) is 13.1 Å². The van der Waals surface area contributed by atoms with Crippen molar-refractivity contribution >= 4 is 18.0 Å². The second kappa shape index (κ2) is 5.32. The van der Waals surface area contributed by atoms with Gasteiger partial charge in [-0.05, 0) is 24.5 Å². The molecule has 1 aromatic carbocycles. The van der Waals surface area contributed by atoms with Crippen LogP contribution in [0.25, 0.3) is 0 Å². The van der Waals surface area contributed by atoms with Gasteiger partial charge in [0.05, 0.1) is 6.54 Å². The molecular weight excluding hydrogens is 224 g/mol. The molecule has 0 unspecified atom stereocenters. The van der Waals surface area contributed by atoms with E-state index in [9.17, 15) is 4.79 Å². The van der Waals surface area contributed by atoms with Gasteiger partial charge in [-0.15, -0.1) is 0 Å². The molecule has 4 heteroatoms. The molecule has 1 aliphatic rings. The van der Waals surface area contributed by atoms with E-state index >= 15 is 0 Å². The number of carbonyl (C=O) groups is 1. The van der Waals surface area contributed by atoms with Crippen molar-refractivity contribution in [2.24, 2.45) is 0 Å². The third-order valence-corrected chi connectivity index (χ3v) is 3.23. The van der Waals surface area contributed by atoms with E-state index in [-0.39, 0.29) is 0 Å². The normalized spacial score (nSPS) is 16.3. The van der Waals surface area contributed by atoms with Crippen LogP contribution in [0.15, 0.2) is 24.3 Å². The molecule has 1 saturated heterocycles. The molecule has 0 aliphatic carbocycles. The van der Waals surface area contributed by atoms with Gasteiger partial charge in [-0.3, -0.25) is 9.80 Å². The molecule has 1 heterocycles. The molecule has 0 aromatic heterocycles. The van der Waals surface area contributed by atoms with E-state index in [1.165, 1.54) is 0 Å². The quantitative estimate of drug-likeness (QED) is 0.752. The van der Waals surface area contributed by atoms with Gasteiger partial charge in [-0.25, -0.2) is 5.01 Å². The number of carbonyl (C=O) groups excluding carboxylic acids is 1. The third kappa shape index (κ3) is 2.54. The van der Waals surface area contributed by atoms with Crippen LogP contribution < -0.4 is 0 Å². The Balaban J connectivity index is 2.06. The van der Waals surface area contributed by atoms with Crippen molar-refractivity contribution < 1.29 is 4.79 Å². The van der Waals surface area contributed by atoms with Crippen molar-refractivity contribution in [3.63, 3.8) is 0 Å². The summed E-state index contributed by atoms with van der Waals surface area (Å²) in [7, 11) is 0. The lowest BCUT2D eigenvalue weighted by Crippen LogP contribution is -2.39. The Kier molecular flexibility index (Phi) is 3.80. The first-order chi connectivity index (χ1) is 7.81. The predicted octanol–water partition coefficient (Wildman–Crippen LogP) is 2.31. The minimum Gasteiger partial charge on any atom is -0.277 e. The fraction of sp³-hybridized carbons (Fsp3) is 0.417. The summed E-state index contributed by atoms with van der Waals surface area (Å²) >= 11 is 6.07. The van der Waals surface area contributed by atoms with E-state index in [1.54, 1.807) is 5.01 Å². The molecule has 3 nitrogen and oxygen atoms in total. The van der Waals surface area contributed by atoms with Gasteiger partial charge in [-0.2, -0.15) is 0 Å². The Morgan fingerprint density at radius 2 is 2.00 bits per heavy atom. The molecule has 16 heavy (non-hydrogen) atoms. The summed E-state index contributed by atoms with van der Waals surface area (Å²) in [6.07, 6.45) is 3.20. The predicted molar refractivity (Wildman–Crippen MR) is 63.9 cm³/mol. The number of hydrazine groups is 1. The van der Waals surface area contributed by atoms with Crippen LogP contribution in [0.1, 0.15) is 18.4 Å². The molecule has 0 N–H and O–H groups in total. The summed E-state index contributed by atoms with van der Waals surface area (Å²) in [5, 5.41) is 4.51. The highest BCUT2D eigenvalue weighted by atomic mass is 35.5. The first kappa shape index (κ1) is 11.4. The highest BCUT2D eigenvalue weighted by Gasteiger charge is 2.18.